The number of hydrogen-bond acceptors (Lipinski definition) is 4. The van der Waals surface area contributed by atoms with Crippen molar-refractivity contribution >= 4 is 11.6 Å². The maximum atomic E-state index is 12.0. The van der Waals surface area contributed by atoms with Crippen LogP contribution in [0.4, 0.5) is 5.69 Å². The maximum Gasteiger partial charge on any atom is 0.282 e. The van der Waals surface area contributed by atoms with Gasteiger partial charge in [-0.3, -0.25) is 14.9 Å². The average Bonchev–Trinajstić information content (AvgIpc) is 2.81. The number of rotatable bonds is 3. The fraction of sp³-hybridized carbons (Fsp3) is 0.417. The van der Waals surface area contributed by atoms with Crippen molar-refractivity contribution in [2.45, 2.75) is 19.4 Å². The topological polar surface area (TPSA) is 84.3 Å². The predicted molar refractivity (Wildman–Crippen MR) is 66.6 cm³/mol. The highest BCUT2D eigenvalue weighted by atomic mass is 16.6. The smallest absolute Gasteiger partial charge is 0.282 e. The van der Waals surface area contributed by atoms with E-state index < -0.39 is 4.92 Å². The summed E-state index contributed by atoms with van der Waals surface area (Å²) in [4.78, 5) is 22.4. The molecule has 0 spiro atoms. The van der Waals surface area contributed by atoms with Crippen LogP contribution in [0.15, 0.2) is 18.2 Å². The van der Waals surface area contributed by atoms with E-state index in [0.29, 0.717) is 6.54 Å². The lowest BCUT2D eigenvalue weighted by molar-refractivity contribution is -0.385. The molecule has 2 rings (SSSR count). The van der Waals surface area contributed by atoms with Crippen LogP contribution in [0.1, 0.15) is 22.3 Å². The highest BCUT2D eigenvalue weighted by Crippen LogP contribution is 2.20. The number of benzene rings is 1. The number of carbonyl (C=O) groups excluding carboxylic acids is 1. The zero-order valence-electron chi connectivity index (χ0n) is 10.1. The van der Waals surface area contributed by atoms with Gasteiger partial charge in [0.2, 0.25) is 0 Å². The van der Waals surface area contributed by atoms with E-state index in [1.54, 1.807) is 19.1 Å². The minimum atomic E-state index is -0.527. The van der Waals surface area contributed by atoms with Crippen molar-refractivity contribution < 1.29 is 9.72 Å². The second-order valence-electron chi connectivity index (χ2n) is 4.44. The summed E-state index contributed by atoms with van der Waals surface area (Å²) in [6.07, 6.45) is 0.853. The summed E-state index contributed by atoms with van der Waals surface area (Å²) in [7, 11) is 0. The van der Waals surface area contributed by atoms with Gasteiger partial charge in [0, 0.05) is 18.7 Å². The molecule has 2 N–H and O–H groups in total. The lowest BCUT2D eigenvalue weighted by Gasteiger charge is -2.11. The van der Waals surface area contributed by atoms with Gasteiger partial charge in [-0.25, -0.2) is 0 Å². The molecule has 1 aliphatic heterocycles. The summed E-state index contributed by atoms with van der Waals surface area (Å²) < 4.78 is 0. The van der Waals surface area contributed by atoms with Crippen molar-refractivity contribution in [1.82, 2.24) is 10.6 Å². The van der Waals surface area contributed by atoms with E-state index >= 15 is 0 Å². The summed E-state index contributed by atoms with van der Waals surface area (Å²) in [6, 6.07) is 4.61. The Hall–Kier alpha value is -1.95. The Bertz CT molecular complexity index is 481. The van der Waals surface area contributed by atoms with Crippen molar-refractivity contribution in [1.29, 1.82) is 0 Å². The molecule has 1 aromatic rings. The van der Waals surface area contributed by atoms with Gasteiger partial charge in [-0.15, -0.1) is 0 Å². The number of carbonyl (C=O) groups is 1. The van der Waals surface area contributed by atoms with Crippen LogP contribution in [0.25, 0.3) is 0 Å². The second kappa shape index (κ2) is 5.14. The first-order chi connectivity index (χ1) is 8.58. The number of nitrogens with zero attached hydrogens (tertiary/aromatic N) is 1. The zero-order valence-corrected chi connectivity index (χ0v) is 10.1. The number of amides is 1. The summed E-state index contributed by atoms with van der Waals surface area (Å²) in [5.41, 5.74) is 0.811. The molecule has 1 heterocycles. The molecule has 6 heteroatoms. The van der Waals surface area contributed by atoms with Gasteiger partial charge in [-0.1, -0.05) is 6.07 Å². The van der Waals surface area contributed by atoms with Crippen LogP contribution in [-0.4, -0.2) is 30.0 Å². The van der Waals surface area contributed by atoms with Crippen LogP contribution >= 0.6 is 0 Å². The van der Waals surface area contributed by atoms with Crippen LogP contribution in [0.5, 0.6) is 0 Å². The third-order valence-electron chi connectivity index (χ3n) is 2.99. The minimum Gasteiger partial charge on any atom is -0.348 e. The van der Waals surface area contributed by atoms with E-state index in [1.807, 2.05) is 0 Å². The number of hydrogen-bond donors (Lipinski definition) is 2. The Morgan fingerprint density at radius 1 is 1.56 bits per heavy atom. The Kier molecular flexibility index (Phi) is 3.57. The van der Waals surface area contributed by atoms with Crippen LogP contribution in [-0.2, 0) is 0 Å². The van der Waals surface area contributed by atoms with Crippen LogP contribution in [0.2, 0.25) is 0 Å². The standard InChI is InChI=1S/C12H15N3O3/c1-8-2-3-11(15(17)18)10(6-8)12(16)14-9-4-5-13-7-9/h2-3,6,9,13H,4-5,7H2,1H3,(H,14,16)/t9-/m0/s1. The molecule has 0 bridgehead atoms. The quantitative estimate of drug-likeness (QED) is 0.618. The van der Waals surface area contributed by atoms with Gasteiger partial charge in [0.1, 0.15) is 5.56 Å². The fourth-order valence-corrected chi connectivity index (χ4v) is 2.03. The lowest BCUT2D eigenvalue weighted by Crippen LogP contribution is -2.36. The molecule has 0 radical (unpaired) electrons. The highest BCUT2D eigenvalue weighted by molar-refractivity contribution is 5.98. The van der Waals surface area contributed by atoms with Gasteiger partial charge in [0.25, 0.3) is 11.6 Å². The van der Waals surface area contributed by atoms with E-state index in [-0.39, 0.29) is 23.2 Å². The van der Waals surface area contributed by atoms with Crippen molar-refractivity contribution in [2.24, 2.45) is 0 Å². The summed E-state index contributed by atoms with van der Waals surface area (Å²) in [5, 5.41) is 16.8. The van der Waals surface area contributed by atoms with Crippen LogP contribution < -0.4 is 10.6 Å². The first-order valence-corrected chi connectivity index (χ1v) is 5.84. The van der Waals surface area contributed by atoms with Crippen molar-refractivity contribution in [3.63, 3.8) is 0 Å². The number of nitrogens with one attached hydrogen (secondary N) is 2. The molecule has 1 aliphatic rings. The molecule has 0 saturated carbocycles. The van der Waals surface area contributed by atoms with Gasteiger partial charge in [-0.05, 0) is 31.5 Å². The molecule has 0 aromatic heterocycles. The highest BCUT2D eigenvalue weighted by Gasteiger charge is 2.23. The molecule has 96 valence electrons. The van der Waals surface area contributed by atoms with Gasteiger partial charge in [0.15, 0.2) is 0 Å². The van der Waals surface area contributed by atoms with E-state index in [9.17, 15) is 14.9 Å². The fourth-order valence-electron chi connectivity index (χ4n) is 2.03. The number of aryl methyl sites for hydroxylation is 1. The second-order valence-corrected chi connectivity index (χ2v) is 4.44. The first kappa shape index (κ1) is 12.5. The minimum absolute atomic E-state index is 0.0533. The number of nitro groups is 1. The van der Waals surface area contributed by atoms with Gasteiger partial charge >= 0.3 is 0 Å². The largest absolute Gasteiger partial charge is 0.348 e. The maximum absolute atomic E-state index is 12.0. The van der Waals surface area contributed by atoms with Crippen LogP contribution in [0.3, 0.4) is 0 Å². The van der Waals surface area contributed by atoms with Crippen LogP contribution in [0, 0.1) is 17.0 Å². The first-order valence-electron chi connectivity index (χ1n) is 5.84. The van der Waals surface area contributed by atoms with Crippen molar-refractivity contribution in [3.8, 4) is 0 Å². The Morgan fingerprint density at radius 2 is 2.33 bits per heavy atom. The molecular formula is C12H15N3O3. The number of nitro benzene ring substituents is 1. The summed E-state index contributed by atoms with van der Waals surface area (Å²) >= 11 is 0. The van der Waals surface area contributed by atoms with Gasteiger partial charge < -0.3 is 10.6 Å². The Morgan fingerprint density at radius 3 is 2.94 bits per heavy atom. The summed E-state index contributed by atoms with van der Waals surface area (Å²) in [6.45, 7) is 3.38. The zero-order chi connectivity index (χ0) is 13.1. The van der Waals surface area contributed by atoms with Gasteiger partial charge in [0.05, 0.1) is 4.92 Å². The molecule has 1 atom stereocenters. The molecule has 1 amide bonds. The normalized spacial score (nSPS) is 18.6. The van der Waals surface area contributed by atoms with E-state index in [0.717, 1.165) is 18.5 Å². The van der Waals surface area contributed by atoms with Crippen molar-refractivity contribution in [3.05, 3.63) is 39.4 Å². The lowest BCUT2D eigenvalue weighted by atomic mass is 10.1. The Labute approximate surface area is 105 Å². The SMILES string of the molecule is Cc1ccc([N+](=O)[O-])c(C(=O)N[C@H]2CCNC2)c1. The third-order valence-corrected chi connectivity index (χ3v) is 2.99. The Balaban J connectivity index is 2.22. The molecule has 18 heavy (non-hydrogen) atoms. The van der Waals surface area contributed by atoms with Crippen molar-refractivity contribution in [2.75, 3.05) is 13.1 Å². The average molecular weight is 249 g/mol. The molecule has 0 aliphatic carbocycles. The molecule has 1 fully saturated rings. The molecule has 6 nitrogen and oxygen atoms in total. The van der Waals surface area contributed by atoms with E-state index in [4.69, 9.17) is 0 Å². The molecule has 1 aromatic carbocycles. The molecular weight excluding hydrogens is 234 g/mol. The monoisotopic (exact) mass is 249 g/mol. The van der Waals surface area contributed by atoms with Gasteiger partial charge in [-0.2, -0.15) is 0 Å². The van der Waals surface area contributed by atoms with E-state index in [1.165, 1.54) is 6.07 Å². The predicted octanol–water partition coefficient (Wildman–Crippen LogP) is 0.995. The molecule has 1 saturated heterocycles. The molecule has 0 unspecified atom stereocenters. The summed E-state index contributed by atoms with van der Waals surface area (Å²) in [5.74, 6) is -0.376. The third kappa shape index (κ3) is 2.65. The van der Waals surface area contributed by atoms with E-state index in [2.05, 4.69) is 10.6 Å².